The summed E-state index contributed by atoms with van der Waals surface area (Å²) in [6, 6.07) is 14.9. The Balaban J connectivity index is 1.42. The largest absolute Gasteiger partial charge is 0.383 e. The molecule has 3 N–H and O–H groups in total. The van der Waals surface area contributed by atoms with Gasteiger partial charge in [-0.15, -0.1) is 22.7 Å². The summed E-state index contributed by atoms with van der Waals surface area (Å²) < 4.78 is 0.873. The van der Waals surface area contributed by atoms with Crippen LogP contribution in [-0.2, 0) is 11.2 Å². The number of hydrogen-bond acceptors (Lipinski definition) is 7. The van der Waals surface area contributed by atoms with E-state index in [1.165, 1.54) is 22.7 Å². The van der Waals surface area contributed by atoms with Crippen LogP contribution in [0.25, 0.3) is 10.2 Å². The summed E-state index contributed by atoms with van der Waals surface area (Å²) in [5.41, 5.74) is 1.67. The van der Waals surface area contributed by atoms with Gasteiger partial charge in [0.05, 0.1) is 10.2 Å². The number of aromatic nitrogens is 2. The molecule has 0 aliphatic carbocycles. The number of rotatable bonds is 6. The van der Waals surface area contributed by atoms with E-state index >= 15 is 0 Å². The summed E-state index contributed by atoms with van der Waals surface area (Å²) in [6.07, 6.45) is -0.842. The third-order valence-electron chi connectivity index (χ3n) is 4.24. The number of carbonyl (C=O) groups excluding carboxylic acids is 1. The maximum atomic E-state index is 12.4. The Morgan fingerprint density at radius 2 is 1.86 bits per heavy atom. The molecule has 2 unspecified atom stereocenters. The molecule has 2 atom stereocenters. The lowest BCUT2D eigenvalue weighted by Crippen LogP contribution is -2.33. The van der Waals surface area contributed by atoms with E-state index in [0.717, 1.165) is 15.1 Å². The van der Waals surface area contributed by atoms with Crippen LogP contribution in [0, 0.1) is 0 Å². The minimum atomic E-state index is -1.66. The first-order valence-corrected chi connectivity index (χ1v) is 10.7. The molecule has 29 heavy (non-hydrogen) atoms. The Morgan fingerprint density at radius 1 is 1.10 bits per heavy atom. The Kier molecular flexibility index (Phi) is 5.89. The Hall–Kier alpha value is -2.36. The summed E-state index contributed by atoms with van der Waals surface area (Å²) in [5.74, 6) is -0.740. The van der Waals surface area contributed by atoms with Crippen LogP contribution in [0.3, 0.4) is 0 Å². The molecule has 4 aromatic rings. The van der Waals surface area contributed by atoms with Crippen molar-refractivity contribution in [1.82, 2.24) is 9.97 Å². The second kappa shape index (κ2) is 8.56. The van der Waals surface area contributed by atoms with Gasteiger partial charge in [0, 0.05) is 22.5 Å². The molecule has 1 amide bonds. The van der Waals surface area contributed by atoms with E-state index in [-0.39, 0.29) is 5.01 Å². The predicted octanol–water partition coefficient (Wildman–Crippen LogP) is 4.03. The summed E-state index contributed by atoms with van der Waals surface area (Å²) in [7, 11) is 0. The number of hydrogen-bond donors (Lipinski definition) is 3. The molecule has 0 aliphatic heterocycles. The third-order valence-corrected chi connectivity index (χ3v) is 6.63. The van der Waals surface area contributed by atoms with E-state index in [9.17, 15) is 15.0 Å². The van der Waals surface area contributed by atoms with Crippen LogP contribution in [0.4, 0.5) is 5.13 Å². The van der Waals surface area contributed by atoms with Gasteiger partial charge in [-0.1, -0.05) is 41.9 Å². The van der Waals surface area contributed by atoms with E-state index in [0.29, 0.717) is 22.1 Å². The fourth-order valence-electron chi connectivity index (χ4n) is 2.75. The van der Waals surface area contributed by atoms with Crippen LogP contribution in [-0.4, -0.2) is 32.2 Å². The number of para-hydroxylation sites is 1. The van der Waals surface area contributed by atoms with E-state index < -0.39 is 18.1 Å². The molecule has 148 valence electrons. The molecular weight excluding hydrogens is 430 g/mol. The van der Waals surface area contributed by atoms with Crippen molar-refractivity contribution in [2.24, 2.45) is 0 Å². The molecule has 2 heterocycles. The lowest BCUT2D eigenvalue weighted by atomic mass is 10.1. The number of halogens is 1. The highest BCUT2D eigenvalue weighted by molar-refractivity contribution is 7.18. The normalized spacial score (nSPS) is 13.3. The van der Waals surface area contributed by atoms with Crippen molar-refractivity contribution >= 4 is 55.5 Å². The van der Waals surface area contributed by atoms with Gasteiger partial charge in [0.2, 0.25) is 0 Å². The first-order chi connectivity index (χ1) is 14.0. The zero-order valence-corrected chi connectivity index (χ0v) is 17.3. The molecule has 0 radical (unpaired) electrons. The topological polar surface area (TPSA) is 95.3 Å². The number of aliphatic hydroxyl groups excluding tert-OH is 2. The van der Waals surface area contributed by atoms with Crippen molar-refractivity contribution < 1.29 is 15.0 Å². The van der Waals surface area contributed by atoms with E-state index in [4.69, 9.17) is 11.6 Å². The molecule has 0 spiro atoms. The molecule has 0 aliphatic rings. The highest BCUT2D eigenvalue weighted by Crippen LogP contribution is 2.29. The number of nitrogens with one attached hydrogen (secondary N) is 1. The van der Waals surface area contributed by atoms with Gasteiger partial charge in [0.15, 0.2) is 11.2 Å². The molecular formula is C20H16ClN3O3S2. The van der Waals surface area contributed by atoms with Gasteiger partial charge in [-0.2, -0.15) is 0 Å². The smallest absolute Gasteiger partial charge is 0.258 e. The van der Waals surface area contributed by atoms with E-state index in [1.807, 2.05) is 48.5 Å². The SMILES string of the molecule is O=C(Nc1ncc(Cc2ccccc2Cl)s1)C(O)C(O)c1nc2ccccc2s1. The van der Waals surface area contributed by atoms with E-state index in [2.05, 4.69) is 15.3 Å². The zero-order chi connectivity index (χ0) is 20.4. The number of carbonyl (C=O) groups is 1. The lowest BCUT2D eigenvalue weighted by Gasteiger charge is -2.14. The number of benzene rings is 2. The van der Waals surface area contributed by atoms with Crippen molar-refractivity contribution in [2.45, 2.75) is 18.6 Å². The molecule has 0 fully saturated rings. The number of nitrogens with zero attached hydrogens (tertiary/aromatic N) is 2. The van der Waals surface area contributed by atoms with Crippen molar-refractivity contribution in [3.8, 4) is 0 Å². The second-order valence-electron chi connectivity index (χ2n) is 6.30. The molecule has 2 aromatic carbocycles. The van der Waals surface area contributed by atoms with Gasteiger partial charge < -0.3 is 10.2 Å². The van der Waals surface area contributed by atoms with Crippen LogP contribution in [0.2, 0.25) is 5.02 Å². The molecule has 4 rings (SSSR count). The maximum Gasteiger partial charge on any atom is 0.258 e. The van der Waals surface area contributed by atoms with Crippen LogP contribution in [0.1, 0.15) is 21.6 Å². The molecule has 2 aromatic heterocycles. The highest BCUT2D eigenvalue weighted by Gasteiger charge is 2.29. The quantitative estimate of drug-likeness (QED) is 0.416. The third kappa shape index (κ3) is 4.47. The lowest BCUT2D eigenvalue weighted by molar-refractivity contribution is -0.129. The Bertz CT molecular complexity index is 1130. The van der Waals surface area contributed by atoms with Gasteiger partial charge in [-0.25, -0.2) is 9.97 Å². The van der Waals surface area contributed by atoms with Gasteiger partial charge in [-0.05, 0) is 23.8 Å². The van der Waals surface area contributed by atoms with Crippen molar-refractivity contribution in [3.63, 3.8) is 0 Å². The minimum Gasteiger partial charge on any atom is -0.383 e. The number of aliphatic hydroxyl groups is 2. The Morgan fingerprint density at radius 3 is 2.66 bits per heavy atom. The van der Waals surface area contributed by atoms with Gasteiger partial charge in [-0.3, -0.25) is 10.1 Å². The zero-order valence-electron chi connectivity index (χ0n) is 14.9. The summed E-state index contributed by atoms with van der Waals surface area (Å²) in [6.45, 7) is 0. The average molecular weight is 446 g/mol. The van der Waals surface area contributed by atoms with Crippen molar-refractivity contribution in [2.75, 3.05) is 5.32 Å². The standard InChI is InChI=1S/C20H16ClN3O3S2/c21-13-6-2-1-5-11(13)9-12-10-22-20(28-12)24-18(27)16(25)17(26)19-23-14-7-3-4-8-15(14)29-19/h1-8,10,16-17,25-26H,9H2,(H,22,24,27). The number of fused-ring (bicyclic) bond motifs is 1. The summed E-state index contributed by atoms with van der Waals surface area (Å²) in [5, 5.41) is 24.5. The average Bonchev–Trinajstić information content (AvgIpc) is 3.35. The van der Waals surface area contributed by atoms with Crippen molar-refractivity contribution in [1.29, 1.82) is 0 Å². The first-order valence-electron chi connectivity index (χ1n) is 8.72. The van der Waals surface area contributed by atoms with Crippen molar-refractivity contribution in [3.05, 3.63) is 75.2 Å². The molecule has 0 bridgehead atoms. The van der Waals surface area contributed by atoms with E-state index in [1.54, 1.807) is 6.20 Å². The number of anilines is 1. The number of amides is 1. The van der Waals surface area contributed by atoms with Crippen LogP contribution < -0.4 is 5.32 Å². The van der Waals surface area contributed by atoms with Gasteiger partial charge in [0.1, 0.15) is 11.1 Å². The molecule has 9 heteroatoms. The fraction of sp³-hybridized carbons (Fsp3) is 0.150. The van der Waals surface area contributed by atoms with Gasteiger partial charge in [0.25, 0.3) is 5.91 Å². The predicted molar refractivity (Wildman–Crippen MR) is 116 cm³/mol. The van der Waals surface area contributed by atoms with Crippen LogP contribution in [0.15, 0.2) is 54.7 Å². The monoisotopic (exact) mass is 445 g/mol. The minimum absolute atomic E-state index is 0.285. The molecule has 0 saturated heterocycles. The first kappa shape index (κ1) is 19.9. The fourth-order valence-corrected chi connectivity index (χ4v) is 4.78. The Labute approximate surface area is 179 Å². The maximum absolute atomic E-state index is 12.4. The molecule has 6 nitrogen and oxygen atoms in total. The summed E-state index contributed by atoms with van der Waals surface area (Å²) in [4.78, 5) is 21.7. The highest BCUT2D eigenvalue weighted by atomic mass is 35.5. The second-order valence-corrected chi connectivity index (χ2v) is 8.88. The molecule has 0 saturated carbocycles. The summed E-state index contributed by atoms with van der Waals surface area (Å²) >= 11 is 8.70. The van der Waals surface area contributed by atoms with Gasteiger partial charge >= 0.3 is 0 Å². The van der Waals surface area contributed by atoms with Crippen LogP contribution in [0.5, 0.6) is 0 Å². The number of thiazole rings is 2. The van der Waals surface area contributed by atoms with Crippen LogP contribution >= 0.6 is 34.3 Å².